The van der Waals surface area contributed by atoms with Crippen LogP contribution in [-0.2, 0) is 11.0 Å². The second-order valence-corrected chi connectivity index (χ2v) is 8.16. The van der Waals surface area contributed by atoms with Gasteiger partial charge in [-0.15, -0.1) is 0 Å². The minimum absolute atomic E-state index is 0.0174. The molecule has 4 nitrogen and oxygen atoms in total. The Bertz CT molecular complexity index is 455. The second kappa shape index (κ2) is 8.24. The van der Waals surface area contributed by atoms with Crippen molar-refractivity contribution in [1.82, 2.24) is 9.62 Å². The van der Waals surface area contributed by atoms with E-state index in [2.05, 4.69) is 48.6 Å². The van der Waals surface area contributed by atoms with Gasteiger partial charge in [0.05, 0.1) is 23.1 Å². The number of hydrogen-bond acceptors (Lipinski definition) is 3. The summed E-state index contributed by atoms with van der Waals surface area (Å²) in [5.74, 6) is 0.317. The van der Waals surface area contributed by atoms with Gasteiger partial charge in [-0.2, -0.15) is 5.26 Å². The zero-order valence-electron chi connectivity index (χ0n) is 14.8. The van der Waals surface area contributed by atoms with Crippen molar-refractivity contribution in [2.45, 2.75) is 65.1 Å². The normalized spacial score (nSPS) is 29.6. The van der Waals surface area contributed by atoms with Crippen LogP contribution in [-0.4, -0.2) is 40.5 Å². The average molecular weight is 326 g/mol. The summed E-state index contributed by atoms with van der Waals surface area (Å²) in [6, 6.07) is 2.61. The first-order valence-corrected chi connectivity index (χ1v) is 9.68. The third-order valence-electron chi connectivity index (χ3n) is 4.86. The highest BCUT2D eigenvalue weighted by molar-refractivity contribution is 7.82. The van der Waals surface area contributed by atoms with E-state index < -0.39 is 11.0 Å². The van der Waals surface area contributed by atoms with E-state index in [4.69, 9.17) is 0 Å². The number of hydrogen-bond donors (Lipinski definition) is 1. The first-order chi connectivity index (χ1) is 10.3. The quantitative estimate of drug-likeness (QED) is 0.732. The van der Waals surface area contributed by atoms with Crippen LogP contribution in [0.15, 0.2) is 12.2 Å². The number of nitrogens with zero attached hydrogens (tertiary/aromatic N) is 2. The molecule has 1 aliphatic rings. The Morgan fingerprint density at radius 3 is 2.64 bits per heavy atom. The van der Waals surface area contributed by atoms with Crippen molar-refractivity contribution in [3.05, 3.63) is 12.2 Å². The summed E-state index contributed by atoms with van der Waals surface area (Å²) < 4.78 is 15.2. The maximum Gasteiger partial charge on any atom is 0.0984 e. The summed E-state index contributed by atoms with van der Waals surface area (Å²) in [5.41, 5.74) is 0.0174. The number of nitriles is 1. The highest BCUT2D eigenvalue weighted by atomic mass is 32.2. The van der Waals surface area contributed by atoms with E-state index in [-0.39, 0.29) is 23.5 Å². The molecule has 0 amide bonds. The fourth-order valence-electron chi connectivity index (χ4n) is 3.81. The van der Waals surface area contributed by atoms with Crippen molar-refractivity contribution < 1.29 is 4.21 Å². The highest BCUT2D eigenvalue weighted by Crippen LogP contribution is 2.39. The van der Waals surface area contributed by atoms with E-state index >= 15 is 0 Å². The summed E-state index contributed by atoms with van der Waals surface area (Å²) in [6.07, 6.45) is 8.96. The molecular weight excluding hydrogens is 294 g/mol. The van der Waals surface area contributed by atoms with Gasteiger partial charge in [0.15, 0.2) is 0 Å². The Kier molecular flexibility index (Phi) is 7.24. The fraction of sp³-hybridized carbons (Fsp3) is 0.824. The molecule has 0 saturated carbocycles. The van der Waals surface area contributed by atoms with Gasteiger partial charge in [0.1, 0.15) is 0 Å². The standard InChI is InChI=1S/C17H31N3OS/c1-7-9-13-11-14(12-18)20(5)15(13)16(19-22(6)21)17(3,4)10-8-2/h7,9,13-16,19H,8,10-11H2,1-6H3/b9-7-/t13-,14-,15-,16-,22-/m1/s1. The molecule has 5 heteroatoms. The van der Waals surface area contributed by atoms with E-state index in [1.807, 2.05) is 14.0 Å². The van der Waals surface area contributed by atoms with Crippen molar-refractivity contribution >= 4 is 11.0 Å². The largest absolute Gasteiger partial charge is 0.286 e. The molecule has 5 atom stereocenters. The van der Waals surface area contributed by atoms with Gasteiger partial charge in [0, 0.05) is 18.3 Å². The SMILES string of the molecule is C/C=C\[C@@H]1C[C@H](C#N)N(C)[C@H]1[C@@H](N[S@@](C)=O)C(C)(C)CCC. The molecule has 1 aliphatic heterocycles. The number of allylic oxidation sites excluding steroid dienone is 1. The Morgan fingerprint density at radius 2 is 2.18 bits per heavy atom. The molecule has 0 spiro atoms. The Balaban J connectivity index is 3.19. The van der Waals surface area contributed by atoms with E-state index in [0.717, 1.165) is 19.3 Å². The summed E-state index contributed by atoms with van der Waals surface area (Å²) in [6.45, 7) is 8.68. The molecule has 0 aromatic heterocycles. The van der Waals surface area contributed by atoms with Crippen LogP contribution in [0.4, 0.5) is 0 Å². The molecule has 0 radical (unpaired) electrons. The van der Waals surface area contributed by atoms with Crippen LogP contribution < -0.4 is 4.72 Å². The highest BCUT2D eigenvalue weighted by Gasteiger charge is 2.47. The van der Waals surface area contributed by atoms with Gasteiger partial charge in [0.2, 0.25) is 0 Å². The van der Waals surface area contributed by atoms with Crippen molar-refractivity contribution in [1.29, 1.82) is 5.26 Å². The lowest BCUT2D eigenvalue weighted by atomic mass is 9.74. The minimum Gasteiger partial charge on any atom is -0.286 e. The Hall–Kier alpha value is -0.700. The first kappa shape index (κ1) is 19.3. The molecule has 0 bridgehead atoms. The molecule has 1 fully saturated rings. The molecule has 0 aromatic rings. The lowest BCUT2D eigenvalue weighted by Crippen LogP contribution is -2.56. The average Bonchev–Trinajstić information content (AvgIpc) is 2.72. The molecule has 1 N–H and O–H groups in total. The van der Waals surface area contributed by atoms with Crippen molar-refractivity contribution in [3.8, 4) is 6.07 Å². The molecule has 0 unspecified atom stereocenters. The van der Waals surface area contributed by atoms with E-state index in [0.29, 0.717) is 5.92 Å². The summed E-state index contributed by atoms with van der Waals surface area (Å²) in [5, 5.41) is 9.41. The molecular formula is C17H31N3OS. The topological polar surface area (TPSA) is 56.1 Å². The van der Waals surface area contributed by atoms with Crippen molar-refractivity contribution in [2.24, 2.45) is 11.3 Å². The zero-order chi connectivity index (χ0) is 16.9. The number of likely N-dealkylation sites (tertiary alicyclic amines) is 1. The molecule has 1 heterocycles. The zero-order valence-corrected chi connectivity index (χ0v) is 15.6. The lowest BCUT2D eigenvalue weighted by Gasteiger charge is -2.42. The fourth-order valence-corrected chi connectivity index (χ4v) is 4.63. The predicted molar refractivity (Wildman–Crippen MR) is 93.6 cm³/mol. The summed E-state index contributed by atoms with van der Waals surface area (Å²) in [7, 11) is 0.953. The van der Waals surface area contributed by atoms with Gasteiger partial charge in [-0.25, -0.2) is 8.93 Å². The van der Waals surface area contributed by atoms with E-state index in [9.17, 15) is 9.47 Å². The number of nitrogens with one attached hydrogen (secondary N) is 1. The Morgan fingerprint density at radius 1 is 1.55 bits per heavy atom. The van der Waals surface area contributed by atoms with Gasteiger partial charge in [0.25, 0.3) is 0 Å². The van der Waals surface area contributed by atoms with Gasteiger partial charge in [-0.3, -0.25) is 4.90 Å². The smallest absolute Gasteiger partial charge is 0.0984 e. The van der Waals surface area contributed by atoms with Gasteiger partial charge in [-0.1, -0.05) is 39.3 Å². The van der Waals surface area contributed by atoms with Crippen molar-refractivity contribution in [3.63, 3.8) is 0 Å². The number of rotatable bonds is 7. The van der Waals surface area contributed by atoms with Gasteiger partial charge in [-0.05, 0) is 38.1 Å². The maximum atomic E-state index is 11.9. The number of likely N-dealkylation sites (N-methyl/N-ethyl adjacent to an activating group) is 1. The van der Waals surface area contributed by atoms with E-state index in [1.165, 1.54) is 0 Å². The maximum absolute atomic E-state index is 11.9. The summed E-state index contributed by atoms with van der Waals surface area (Å²) >= 11 is 0. The third-order valence-corrected chi connectivity index (χ3v) is 5.44. The van der Waals surface area contributed by atoms with Crippen LogP contribution >= 0.6 is 0 Å². The van der Waals surface area contributed by atoms with Crippen LogP contribution in [0.5, 0.6) is 0 Å². The van der Waals surface area contributed by atoms with Crippen LogP contribution in [0.3, 0.4) is 0 Å². The second-order valence-electron chi connectivity index (χ2n) is 7.01. The molecule has 0 aliphatic carbocycles. The van der Waals surface area contributed by atoms with Crippen molar-refractivity contribution in [2.75, 3.05) is 13.3 Å². The van der Waals surface area contributed by atoms with Gasteiger partial charge >= 0.3 is 0 Å². The van der Waals surface area contributed by atoms with Gasteiger partial charge < -0.3 is 0 Å². The summed E-state index contributed by atoms with van der Waals surface area (Å²) in [4.78, 5) is 2.17. The predicted octanol–water partition coefficient (Wildman–Crippen LogP) is 2.85. The van der Waals surface area contributed by atoms with Crippen LogP contribution in [0, 0.1) is 22.7 Å². The van der Waals surface area contributed by atoms with E-state index in [1.54, 1.807) is 6.26 Å². The molecule has 1 rings (SSSR count). The first-order valence-electron chi connectivity index (χ1n) is 8.12. The molecule has 1 saturated heterocycles. The van der Waals surface area contributed by atoms with Crippen LogP contribution in [0.2, 0.25) is 0 Å². The minimum atomic E-state index is -1.07. The third kappa shape index (κ3) is 4.41. The molecule has 22 heavy (non-hydrogen) atoms. The lowest BCUT2D eigenvalue weighted by molar-refractivity contribution is 0.126. The molecule has 0 aromatic carbocycles. The monoisotopic (exact) mass is 325 g/mol. The molecule has 126 valence electrons. The Labute approximate surface area is 138 Å². The van der Waals surface area contributed by atoms with Crippen LogP contribution in [0.1, 0.15) is 47.0 Å². The van der Waals surface area contributed by atoms with Crippen LogP contribution in [0.25, 0.3) is 0 Å².